The Balaban J connectivity index is 1.98. The topological polar surface area (TPSA) is 66.8 Å². The molecule has 2 rings (SSSR count). The molecule has 1 fully saturated rings. The van der Waals surface area contributed by atoms with Gasteiger partial charge in [0.1, 0.15) is 12.3 Å². The molecule has 5 nitrogen and oxygen atoms in total. The molecule has 0 unspecified atom stereocenters. The van der Waals surface area contributed by atoms with Crippen LogP contribution in [0.5, 0.6) is 5.75 Å². The maximum Gasteiger partial charge on any atom is 0.422 e. The van der Waals surface area contributed by atoms with Crippen LogP contribution in [-0.2, 0) is 16.0 Å². The number of halogens is 3. The van der Waals surface area contributed by atoms with Crippen LogP contribution in [0.25, 0.3) is 0 Å². The first-order valence-corrected chi connectivity index (χ1v) is 7.04. The summed E-state index contributed by atoms with van der Waals surface area (Å²) >= 11 is 0. The highest BCUT2D eigenvalue weighted by Gasteiger charge is 2.33. The van der Waals surface area contributed by atoms with Gasteiger partial charge in [0.05, 0.1) is 6.42 Å². The Hall–Kier alpha value is -2.25. The Morgan fingerprint density at radius 2 is 2.00 bits per heavy atom. The molecule has 0 spiro atoms. The van der Waals surface area contributed by atoms with Crippen LogP contribution < -0.4 is 4.74 Å². The molecule has 0 saturated heterocycles. The maximum absolute atomic E-state index is 12.2. The molecular weight excluding hydrogens is 315 g/mol. The molecule has 1 N–H and O–H groups in total. The molecular formula is C15H16F3NO4. The lowest BCUT2D eigenvalue weighted by molar-refractivity contribution is -0.153. The zero-order chi connectivity index (χ0) is 17.0. The van der Waals surface area contributed by atoms with E-state index in [9.17, 15) is 22.8 Å². The highest BCUT2D eigenvalue weighted by atomic mass is 19.4. The quantitative estimate of drug-likeness (QED) is 0.832. The molecule has 0 atom stereocenters. The van der Waals surface area contributed by atoms with Gasteiger partial charge in [-0.1, -0.05) is 12.1 Å². The van der Waals surface area contributed by atoms with Crippen LogP contribution in [0.3, 0.4) is 0 Å². The molecule has 23 heavy (non-hydrogen) atoms. The lowest BCUT2D eigenvalue weighted by atomic mass is 10.1. The van der Waals surface area contributed by atoms with Crippen LogP contribution in [0.1, 0.15) is 18.4 Å². The van der Waals surface area contributed by atoms with E-state index in [2.05, 4.69) is 4.74 Å². The highest BCUT2D eigenvalue weighted by molar-refractivity contribution is 5.83. The Bertz CT molecular complexity index is 584. The molecule has 126 valence electrons. The summed E-state index contributed by atoms with van der Waals surface area (Å²) in [6.45, 7) is -1.77. The van der Waals surface area contributed by atoms with E-state index in [-0.39, 0.29) is 30.7 Å². The Labute approximate surface area is 130 Å². The third-order valence-electron chi connectivity index (χ3n) is 3.27. The van der Waals surface area contributed by atoms with Crippen LogP contribution >= 0.6 is 0 Å². The van der Waals surface area contributed by atoms with Gasteiger partial charge in [-0.15, -0.1) is 0 Å². The number of nitrogens with zero attached hydrogens (tertiary/aromatic N) is 1. The number of hydrogen-bond acceptors (Lipinski definition) is 3. The fraction of sp³-hybridized carbons (Fsp3) is 0.467. The average molecular weight is 331 g/mol. The lowest BCUT2D eigenvalue weighted by Gasteiger charge is -2.20. The minimum Gasteiger partial charge on any atom is -0.484 e. The molecule has 0 bridgehead atoms. The number of carboxylic acids is 1. The fourth-order valence-electron chi connectivity index (χ4n) is 2.14. The minimum absolute atomic E-state index is 0.0174. The molecule has 1 aliphatic carbocycles. The number of carbonyl (C=O) groups excluding carboxylic acids is 1. The molecule has 1 aliphatic rings. The van der Waals surface area contributed by atoms with E-state index >= 15 is 0 Å². The van der Waals surface area contributed by atoms with Gasteiger partial charge in [0, 0.05) is 6.04 Å². The van der Waals surface area contributed by atoms with E-state index in [1.54, 1.807) is 6.07 Å². The summed E-state index contributed by atoms with van der Waals surface area (Å²) in [5.41, 5.74) is 0.478. The van der Waals surface area contributed by atoms with Crippen molar-refractivity contribution in [3.05, 3.63) is 29.8 Å². The number of aliphatic carboxylic acids is 1. The van der Waals surface area contributed by atoms with Crippen LogP contribution in [-0.4, -0.2) is 47.3 Å². The molecule has 1 saturated carbocycles. The summed E-state index contributed by atoms with van der Waals surface area (Å²) in [7, 11) is 0. The van der Waals surface area contributed by atoms with E-state index in [4.69, 9.17) is 5.11 Å². The van der Waals surface area contributed by atoms with Crippen molar-refractivity contribution < 1.29 is 32.6 Å². The summed E-state index contributed by atoms with van der Waals surface area (Å²) in [6.07, 6.45) is -2.97. The van der Waals surface area contributed by atoms with Crippen molar-refractivity contribution in [2.24, 2.45) is 0 Å². The lowest BCUT2D eigenvalue weighted by Crippen LogP contribution is -2.38. The predicted octanol–water partition coefficient (Wildman–Crippen LogP) is 2.25. The molecule has 1 aromatic rings. The second-order valence-corrected chi connectivity index (χ2v) is 5.37. The number of benzene rings is 1. The van der Waals surface area contributed by atoms with E-state index in [1.165, 1.54) is 23.1 Å². The van der Waals surface area contributed by atoms with Crippen molar-refractivity contribution in [2.75, 3.05) is 13.2 Å². The third kappa shape index (κ3) is 5.80. The molecule has 0 aromatic heterocycles. The van der Waals surface area contributed by atoms with E-state index in [0.29, 0.717) is 5.56 Å². The molecule has 0 heterocycles. The van der Waals surface area contributed by atoms with Crippen molar-refractivity contribution in [3.8, 4) is 5.75 Å². The normalized spacial score (nSPS) is 14.4. The summed E-state index contributed by atoms with van der Waals surface area (Å²) in [6, 6.07) is 5.76. The molecule has 1 aromatic carbocycles. The minimum atomic E-state index is -4.43. The Kier molecular flexibility index (Phi) is 5.12. The van der Waals surface area contributed by atoms with Crippen LogP contribution in [0.15, 0.2) is 24.3 Å². The predicted molar refractivity (Wildman–Crippen MR) is 74.1 cm³/mol. The van der Waals surface area contributed by atoms with Crippen LogP contribution in [0, 0.1) is 0 Å². The van der Waals surface area contributed by atoms with Gasteiger partial charge in [-0.25, -0.2) is 0 Å². The van der Waals surface area contributed by atoms with Crippen molar-refractivity contribution in [3.63, 3.8) is 0 Å². The fourth-order valence-corrected chi connectivity index (χ4v) is 2.14. The molecule has 1 amide bonds. The van der Waals surface area contributed by atoms with Crippen LogP contribution in [0.4, 0.5) is 13.2 Å². The van der Waals surface area contributed by atoms with Gasteiger partial charge < -0.3 is 14.7 Å². The summed E-state index contributed by atoms with van der Waals surface area (Å²) in [4.78, 5) is 24.3. The standard InChI is InChI=1S/C15H16F3NO4/c16-15(17,18)9-23-12-3-1-2-10(6-12)7-13(20)19(8-14(21)22)11-4-5-11/h1-3,6,11H,4-5,7-9H2,(H,21,22). The SMILES string of the molecule is O=C(O)CN(C(=O)Cc1cccc(OCC(F)(F)F)c1)C1CC1. The van der Waals surface area contributed by atoms with E-state index in [0.717, 1.165) is 12.8 Å². The first-order chi connectivity index (χ1) is 10.7. The number of hydrogen-bond donors (Lipinski definition) is 1. The number of carbonyl (C=O) groups is 2. The van der Waals surface area contributed by atoms with Gasteiger partial charge in [-0.05, 0) is 30.5 Å². The zero-order valence-electron chi connectivity index (χ0n) is 12.2. The molecule has 0 radical (unpaired) electrons. The van der Waals surface area contributed by atoms with Crippen LogP contribution in [0.2, 0.25) is 0 Å². The Morgan fingerprint density at radius 1 is 1.30 bits per heavy atom. The third-order valence-corrected chi connectivity index (χ3v) is 3.27. The Morgan fingerprint density at radius 3 is 2.57 bits per heavy atom. The van der Waals surface area contributed by atoms with Crippen molar-refractivity contribution >= 4 is 11.9 Å². The van der Waals surface area contributed by atoms with Gasteiger partial charge in [0.2, 0.25) is 5.91 Å². The van der Waals surface area contributed by atoms with Gasteiger partial charge in [-0.2, -0.15) is 13.2 Å². The average Bonchev–Trinajstić information content (AvgIpc) is 3.26. The number of rotatable bonds is 7. The second kappa shape index (κ2) is 6.89. The summed E-state index contributed by atoms with van der Waals surface area (Å²) < 4.78 is 41.0. The van der Waals surface area contributed by atoms with Crippen molar-refractivity contribution in [1.82, 2.24) is 4.90 Å². The molecule has 0 aliphatic heterocycles. The van der Waals surface area contributed by atoms with Gasteiger partial charge in [0.15, 0.2) is 6.61 Å². The van der Waals surface area contributed by atoms with Gasteiger partial charge in [-0.3, -0.25) is 9.59 Å². The summed E-state index contributed by atoms with van der Waals surface area (Å²) in [5, 5.41) is 8.85. The van der Waals surface area contributed by atoms with E-state index < -0.39 is 18.8 Å². The molecule has 8 heteroatoms. The number of ether oxygens (including phenoxy) is 1. The zero-order valence-corrected chi connectivity index (χ0v) is 12.2. The van der Waals surface area contributed by atoms with Crippen molar-refractivity contribution in [2.45, 2.75) is 31.5 Å². The number of carboxylic acid groups (broad SMARTS) is 1. The van der Waals surface area contributed by atoms with E-state index in [1.807, 2.05) is 0 Å². The largest absolute Gasteiger partial charge is 0.484 e. The van der Waals surface area contributed by atoms with Crippen molar-refractivity contribution in [1.29, 1.82) is 0 Å². The first kappa shape index (κ1) is 17.1. The highest BCUT2D eigenvalue weighted by Crippen LogP contribution is 2.27. The number of amides is 1. The summed E-state index contributed by atoms with van der Waals surface area (Å²) in [5.74, 6) is -1.43. The number of alkyl halides is 3. The second-order valence-electron chi connectivity index (χ2n) is 5.37. The van der Waals surface area contributed by atoms with Gasteiger partial charge >= 0.3 is 12.1 Å². The first-order valence-electron chi connectivity index (χ1n) is 7.04. The smallest absolute Gasteiger partial charge is 0.422 e. The van der Waals surface area contributed by atoms with Gasteiger partial charge in [0.25, 0.3) is 0 Å². The maximum atomic E-state index is 12.2. The monoisotopic (exact) mass is 331 g/mol.